The molecular formula is C16H19N3O5. The first-order chi connectivity index (χ1) is 11.2. The Hall–Kier alpha value is -2.77. The predicted molar refractivity (Wildman–Crippen MR) is 84.8 cm³/mol. The summed E-state index contributed by atoms with van der Waals surface area (Å²) >= 11 is 0. The highest BCUT2D eigenvalue weighted by molar-refractivity contribution is 5.73. The van der Waals surface area contributed by atoms with E-state index in [4.69, 9.17) is 9.26 Å². The number of carbonyl (C=O) groups is 1. The van der Waals surface area contributed by atoms with Crippen LogP contribution in [0, 0.1) is 17.0 Å². The average Bonchev–Trinajstić information content (AvgIpc) is 2.96. The summed E-state index contributed by atoms with van der Waals surface area (Å²) in [6.07, 6.45) is 0.282. The van der Waals surface area contributed by atoms with Crippen LogP contribution >= 0.6 is 0 Å². The molecule has 1 aromatic heterocycles. The number of nitro groups is 1. The van der Waals surface area contributed by atoms with E-state index in [1.54, 1.807) is 6.92 Å². The summed E-state index contributed by atoms with van der Waals surface area (Å²) in [6, 6.07) is 4.13. The predicted octanol–water partition coefficient (Wildman–Crippen LogP) is 3.12. The molecule has 24 heavy (non-hydrogen) atoms. The fraction of sp³-hybridized carbons (Fsp3) is 0.438. The van der Waals surface area contributed by atoms with Crippen LogP contribution in [0.3, 0.4) is 0 Å². The second-order valence-electron chi connectivity index (χ2n) is 6.44. The van der Waals surface area contributed by atoms with E-state index in [2.05, 4.69) is 10.1 Å². The molecule has 0 saturated heterocycles. The Morgan fingerprint density at radius 3 is 2.67 bits per heavy atom. The Balaban J connectivity index is 1.98. The molecule has 0 aliphatic rings. The lowest BCUT2D eigenvalue weighted by Gasteiger charge is -2.10. The van der Waals surface area contributed by atoms with Gasteiger partial charge in [0, 0.05) is 17.9 Å². The van der Waals surface area contributed by atoms with Crippen LogP contribution in [0.15, 0.2) is 22.7 Å². The van der Waals surface area contributed by atoms with Gasteiger partial charge in [-0.3, -0.25) is 14.9 Å². The number of non-ortho nitro benzene ring substituents is 1. The van der Waals surface area contributed by atoms with Crippen LogP contribution in [-0.2, 0) is 16.6 Å². The zero-order valence-electron chi connectivity index (χ0n) is 14.0. The van der Waals surface area contributed by atoms with Crippen LogP contribution in [0.1, 0.15) is 44.5 Å². The van der Waals surface area contributed by atoms with Crippen LogP contribution in [0.4, 0.5) is 5.69 Å². The van der Waals surface area contributed by atoms with E-state index in [1.807, 2.05) is 20.8 Å². The molecule has 0 radical (unpaired) electrons. The number of hydrogen-bond acceptors (Lipinski definition) is 7. The molecule has 0 bridgehead atoms. The number of nitro benzene ring substituents is 1. The number of aryl methyl sites for hydroxylation is 2. The van der Waals surface area contributed by atoms with Crippen molar-refractivity contribution in [1.29, 1.82) is 0 Å². The van der Waals surface area contributed by atoms with Crippen molar-refractivity contribution in [3.8, 4) is 5.75 Å². The fourth-order valence-corrected chi connectivity index (χ4v) is 1.86. The Kier molecular flexibility index (Phi) is 4.96. The summed E-state index contributed by atoms with van der Waals surface area (Å²) in [4.78, 5) is 26.4. The van der Waals surface area contributed by atoms with Crippen molar-refractivity contribution in [1.82, 2.24) is 10.1 Å². The van der Waals surface area contributed by atoms with Crippen molar-refractivity contribution in [3.63, 3.8) is 0 Å². The maximum absolute atomic E-state index is 11.9. The molecule has 0 aliphatic carbocycles. The third kappa shape index (κ3) is 4.37. The maximum Gasteiger partial charge on any atom is 0.311 e. The summed E-state index contributed by atoms with van der Waals surface area (Å²) in [7, 11) is 0. The molecule has 0 amide bonds. The maximum atomic E-state index is 11.9. The van der Waals surface area contributed by atoms with Crippen molar-refractivity contribution in [3.05, 3.63) is 45.6 Å². The van der Waals surface area contributed by atoms with E-state index >= 15 is 0 Å². The van der Waals surface area contributed by atoms with E-state index in [0.29, 0.717) is 17.3 Å². The Morgan fingerprint density at radius 1 is 1.38 bits per heavy atom. The summed E-state index contributed by atoms with van der Waals surface area (Å²) < 4.78 is 10.3. The number of benzene rings is 1. The van der Waals surface area contributed by atoms with Gasteiger partial charge in [-0.1, -0.05) is 25.9 Å². The number of nitrogens with zero attached hydrogens (tertiary/aromatic N) is 3. The van der Waals surface area contributed by atoms with Gasteiger partial charge in [-0.2, -0.15) is 4.98 Å². The number of esters is 1. The monoisotopic (exact) mass is 333 g/mol. The minimum Gasteiger partial charge on any atom is -0.426 e. The molecule has 0 saturated carbocycles. The molecule has 1 heterocycles. The normalized spacial score (nSPS) is 11.3. The molecule has 0 unspecified atom stereocenters. The third-order valence-corrected chi connectivity index (χ3v) is 3.29. The van der Waals surface area contributed by atoms with Crippen LogP contribution in [0.5, 0.6) is 5.75 Å². The highest BCUT2D eigenvalue weighted by Crippen LogP contribution is 2.24. The SMILES string of the molecule is Cc1ccc([N+](=O)[O-])cc1OC(=O)CCc1nc(C(C)(C)C)no1. The van der Waals surface area contributed by atoms with Crippen molar-refractivity contribution >= 4 is 11.7 Å². The topological polar surface area (TPSA) is 108 Å². The largest absolute Gasteiger partial charge is 0.426 e. The number of rotatable bonds is 5. The third-order valence-electron chi connectivity index (χ3n) is 3.29. The molecule has 0 atom stereocenters. The van der Waals surface area contributed by atoms with Gasteiger partial charge in [0.1, 0.15) is 5.75 Å². The van der Waals surface area contributed by atoms with Crippen molar-refractivity contribution in [2.24, 2.45) is 0 Å². The molecule has 8 nitrogen and oxygen atoms in total. The molecule has 0 N–H and O–H groups in total. The number of hydrogen-bond donors (Lipinski definition) is 0. The first kappa shape index (κ1) is 17.6. The zero-order valence-corrected chi connectivity index (χ0v) is 14.0. The van der Waals surface area contributed by atoms with Gasteiger partial charge in [-0.25, -0.2) is 0 Å². The van der Waals surface area contributed by atoms with Gasteiger partial charge in [0.15, 0.2) is 5.82 Å². The van der Waals surface area contributed by atoms with Crippen molar-refractivity contribution in [2.75, 3.05) is 0 Å². The highest BCUT2D eigenvalue weighted by atomic mass is 16.6. The first-order valence-electron chi connectivity index (χ1n) is 7.45. The molecular weight excluding hydrogens is 314 g/mol. The summed E-state index contributed by atoms with van der Waals surface area (Å²) in [5.74, 6) is 0.581. The average molecular weight is 333 g/mol. The van der Waals surface area contributed by atoms with E-state index in [-0.39, 0.29) is 29.7 Å². The molecule has 8 heteroatoms. The van der Waals surface area contributed by atoms with Gasteiger partial charge in [0.2, 0.25) is 5.89 Å². The zero-order chi connectivity index (χ0) is 17.9. The van der Waals surface area contributed by atoms with Gasteiger partial charge in [-0.15, -0.1) is 0 Å². The van der Waals surface area contributed by atoms with Gasteiger partial charge < -0.3 is 9.26 Å². The minimum absolute atomic E-state index is 0.0356. The summed E-state index contributed by atoms with van der Waals surface area (Å²) in [6.45, 7) is 7.59. The van der Waals surface area contributed by atoms with Gasteiger partial charge in [0.25, 0.3) is 5.69 Å². The number of carbonyl (C=O) groups excluding carboxylic acids is 1. The van der Waals surface area contributed by atoms with Gasteiger partial charge in [-0.05, 0) is 18.6 Å². The second kappa shape index (κ2) is 6.77. The molecule has 2 aromatic rings. The van der Waals surface area contributed by atoms with Crippen LogP contribution in [0.2, 0.25) is 0 Å². The van der Waals surface area contributed by atoms with Gasteiger partial charge in [0.05, 0.1) is 17.4 Å². The fourth-order valence-electron chi connectivity index (χ4n) is 1.86. The van der Waals surface area contributed by atoms with Crippen LogP contribution in [-0.4, -0.2) is 21.0 Å². The van der Waals surface area contributed by atoms with E-state index in [0.717, 1.165) is 0 Å². The van der Waals surface area contributed by atoms with E-state index in [1.165, 1.54) is 18.2 Å². The van der Waals surface area contributed by atoms with Crippen molar-refractivity contribution < 1.29 is 19.0 Å². The molecule has 128 valence electrons. The van der Waals surface area contributed by atoms with E-state index in [9.17, 15) is 14.9 Å². The molecule has 0 spiro atoms. The smallest absolute Gasteiger partial charge is 0.311 e. The van der Waals surface area contributed by atoms with Crippen LogP contribution in [0.25, 0.3) is 0 Å². The Labute approximate surface area is 139 Å². The molecule has 0 aliphatic heterocycles. The highest BCUT2D eigenvalue weighted by Gasteiger charge is 2.21. The summed E-state index contributed by atoms with van der Waals surface area (Å²) in [5.41, 5.74) is 0.277. The molecule has 1 aromatic carbocycles. The standard InChI is InChI=1S/C16H19N3O5/c1-10-5-6-11(19(21)22)9-12(10)23-14(20)8-7-13-17-15(18-24-13)16(2,3)4/h5-6,9H,7-8H2,1-4H3. The van der Waals surface area contributed by atoms with Gasteiger partial charge >= 0.3 is 5.97 Å². The minimum atomic E-state index is -0.538. The number of aromatic nitrogens is 2. The van der Waals surface area contributed by atoms with Crippen molar-refractivity contribution in [2.45, 2.75) is 46.0 Å². The quantitative estimate of drug-likeness (QED) is 0.358. The molecule has 0 fully saturated rings. The first-order valence-corrected chi connectivity index (χ1v) is 7.45. The molecule has 2 rings (SSSR count). The lowest BCUT2D eigenvalue weighted by Crippen LogP contribution is -2.13. The number of ether oxygens (including phenoxy) is 1. The lowest BCUT2D eigenvalue weighted by molar-refractivity contribution is -0.384. The van der Waals surface area contributed by atoms with E-state index < -0.39 is 10.9 Å². The Bertz CT molecular complexity index is 761. The second-order valence-corrected chi connectivity index (χ2v) is 6.44. The lowest BCUT2D eigenvalue weighted by atomic mass is 9.96. The Morgan fingerprint density at radius 2 is 2.08 bits per heavy atom. The van der Waals surface area contributed by atoms with Crippen LogP contribution < -0.4 is 4.74 Å². The summed E-state index contributed by atoms with van der Waals surface area (Å²) in [5, 5.41) is 14.7.